The Labute approximate surface area is 132 Å². The predicted molar refractivity (Wildman–Crippen MR) is 81.2 cm³/mol. The van der Waals surface area contributed by atoms with E-state index in [1.165, 1.54) is 31.2 Å². The molecule has 0 radical (unpaired) electrons. The molecule has 0 aliphatic heterocycles. The van der Waals surface area contributed by atoms with E-state index in [-0.39, 0.29) is 10.6 Å². The highest BCUT2D eigenvalue weighted by Crippen LogP contribution is 2.14. The second kappa shape index (κ2) is 6.84. The summed E-state index contributed by atoms with van der Waals surface area (Å²) in [5.74, 6) is -1.93. The van der Waals surface area contributed by atoms with E-state index in [1.54, 1.807) is 0 Å². The normalized spacial score (nSPS) is 12.7. The largest absolute Gasteiger partial charge is 0.322 e. The molecule has 0 spiro atoms. The van der Waals surface area contributed by atoms with Gasteiger partial charge in [-0.05, 0) is 43.3 Å². The zero-order valence-electron chi connectivity index (χ0n) is 12.1. The highest BCUT2D eigenvalue weighted by Gasteiger charge is 2.22. The molecule has 0 aliphatic carbocycles. The summed E-state index contributed by atoms with van der Waals surface area (Å²) >= 11 is 0. The number of nitrogens with one attached hydrogen (secondary N) is 2. The van der Waals surface area contributed by atoms with Gasteiger partial charge in [-0.1, -0.05) is 12.1 Å². The first-order chi connectivity index (χ1) is 10.8. The highest BCUT2D eigenvalue weighted by atomic mass is 32.2. The van der Waals surface area contributed by atoms with E-state index in [9.17, 15) is 22.0 Å². The highest BCUT2D eigenvalue weighted by molar-refractivity contribution is 7.89. The molecule has 2 N–H and O–H groups in total. The van der Waals surface area contributed by atoms with Crippen LogP contribution >= 0.6 is 0 Å². The fourth-order valence-corrected chi connectivity index (χ4v) is 2.97. The van der Waals surface area contributed by atoms with Crippen molar-refractivity contribution in [1.82, 2.24) is 4.72 Å². The molecule has 0 fully saturated rings. The molecule has 1 atom stereocenters. The Morgan fingerprint density at radius 2 is 1.65 bits per heavy atom. The first-order valence-corrected chi connectivity index (χ1v) is 8.11. The maximum Gasteiger partial charge on any atom is 0.242 e. The minimum absolute atomic E-state index is 0.0506. The number of anilines is 1. The van der Waals surface area contributed by atoms with Gasteiger partial charge in [0.15, 0.2) is 0 Å². The lowest BCUT2D eigenvalue weighted by Crippen LogP contribution is -2.41. The van der Waals surface area contributed by atoms with Crippen LogP contribution in [-0.2, 0) is 14.8 Å². The Morgan fingerprint density at radius 3 is 2.26 bits per heavy atom. The zero-order valence-corrected chi connectivity index (χ0v) is 12.9. The molecule has 0 aromatic heterocycles. The van der Waals surface area contributed by atoms with Gasteiger partial charge in [-0.15, -0.1) is 0 Å². The Hall–Kier alpha value is -2.32. The fraction of sp³-hybridized carbons (Fsp3) is 0.133. The summed E-state index contributed by atoms with van der Waals surface area (Å²) in [5.41, 5.74) is -0.0506. The van der Waals surface area contributed by atoms with E-state index in [1.807, 2.05) is 0 Å². The number of sulfonamides is 1. The van der Waals surface area contributed by atoms with Crippen molar-refractivity contribution in [2.24, 2.45) is 0 Å². The minimum Gasteiger partial charge on any atom is -0.322 e. The van der Waals surface area contributed by atoms with E-state index >= 15 is 0 Å². The lowest BCUT2D eigenvalue weighted by atomic mass is 10.2. The van der Waals surface area contributed by atoms with Crippen molar-refractivity contribution in [3.8, 4) is 0 Å². The minimum atomic E-state index is -3.99. The molecule has 0 bridgehead atoms. The summed E-state index contributed by atoms with van der Waals surface area (Å²) in [7, 11) is -3.99. The third-order valence-electron chi connectivity index (χ3n) is 2.98. The van der Waals surface area contributed by atoms with Crippen LogP contribution < -0.4 is 10.0 Å². The van der Waals surface area contributed by atoms with Gasteiger partial charge in [0.2, 0.25) is 15.9 Å². The molecule has 1 amide bonds. The van der Waals surface area contributed by atoms with E-state index in [0.29, 0.717) is 0 Å². The van der Waals surface area contributed by atoms with Crippen LogP contribution in [0.5, 0.6) is 0 Å². The molecule has 0 saturated heterocycles. The molecule has 5 nitrogen and oxygen atoms in total. The van der Waals surface area contributed by atoms with E-state index in [2.05, 4.69) is 10.0 Å². The molecular formula is C15H14F2N2O3S. The van der Waals surface area contributed by atoms with Gasteiger partial charge in [0.25, 0.3) is 0 Å². The molecule has 23 heavy (non-hydrogen) atoms. The third-order valence-corrected chi connectivity index (χ3v) is 4.54. The second-order valence-electron chi connectivity index (χ2n) is 4.77. The second-order valence-corrected chi connectivity index (χ2v) is 6.48. The molecule has 2 aromatic rings. The van der Waals surface area contributed by atoms with Gasteiger partial charge in [0.05, 0.1) is 16.6 Å². The van der Waals surface area contributed by atoms with Gasteiger partial charge in [-0.25, -0.2) is 17.2 Å². The van der Waals surface area contributed by atoms with Gasteiger partial charge in [-0.2, -0.15) is 4.72 Å². The number of hydrogen-bond acceptors (Lipinski definition) is 3. The quantitative estimate of drug-likeness (QED) is 0.877. The van der Waals surface area contributed by atoms with Crippen LogP contribution in [0.3, 0.4) is 0 Å². The lowest BCUT2D eigenvalue weighted by molar-refractivity contribution is -0.117. The van der Waals surface area contributed by atoms with Crippen LogP contribution in [0.1, 0.15) is 6.92 Å². The third kappa shape index (κ3) is 4.33. The Bertz CT molecular complexity index is 808. The first kappa shape index (κ1) is 17.0. The van der Waals surface area contributed by atoms with Crippen molar-refractivity contribution in [3.05, 3.63) is 60.2 Å². The number of carbonyl (C=O) groups excluding carboxylic acids is 1. The monoisotopic (exact) mass is 340 g/mol. The van der Waals surface area contributed by atoms with Gasteiger partial charge in [0.1, 0.15) is 11.6 Å². The molecule has 0 aliphatic rings. The average molecular weight is 340 g/mol. The Morgan fingerprint density at radius 1 is 1.04 bits per heavy atom. The number of para-hydroxylation sites is 1. The van der Waals surface area contributed by atoms with E-state index < -0.39 is 33.6 Å². The van der Waals surface area contributed by atoms with Crippen molar-refractivity contribution >= 4 is 21.6 Å². The summed E-state index contributed by atoms with van der Waals surface area (Å²) < 4.78 is 52.6. The number of hydrogen-bond donors (Lipinski definition) is 2. The molecule has 0 saturated carbocycles. The van der Waals surface area contributed by atoms with Gasteiger partial charge in [0, 0.05) is 0 Å². The Balaban J connectivity index is 2.08. The predicted octanol–water partition coefficient (Wildman–Crippen LogP) is 2.27. The number of benzene rings is 2. The zero-order chi connectivity index (χ0) is 17.0. The number of rotatable bonds is 5. The molecule has 0 unspecified atom stereocenters. The van der Waals surface area contributed by atoms with Crippen LogP contribution in [0.25, 0.3) is 0 Å². The smallest absolute Gasteiger partial charge is 0.242 e. The van der Waals surface area contributed by atoms with Gasteiger partial charge >= 0.3 is 0 Å². The van der Waals surface area contributed by atoms with Crippen LogP contribution in [0.2, 0.25) is 0 Å². The van der Waals surface area contributed by atoms with Gasteiger partial charge < -0.3 is 5.32 Å². The van der Waals surface area contributed by atoms with Crippen LogP contribution in [0.4, 0.5) is 14.5 Å². The maximum atomic E-state index is 13.5. The van der Waals surface area contributed by atoms with Crippen molar-refractivity contribution in [2.45, 2.75) is 17.9 Å². The van der Waals surface area contributed by atoms with Crippen LogP contribution in [-0.4, -0.2) is 20.4 Å². The molecule has 2 rings (SSSR count). The average Bonchev–Trinajstić information content (AvgIpc) is 2.49. The summed E-state index contributed by atoms with van der Waals surface area (Å²) in [6.07, 6.45) is 0. The first-order valence-electron chi connectivity index (χ1n) is 6.63. The lowest BCUT2D eigenvalue weighted by Gasteiger charge is -2.14. The summed E-state index contributed by atoms with van der Waals surface area (Å²) in [4.78, 5) is 11.8. The van der Waals surface area contributed by atoms with Crippen molar-refractivity contribution in [1.29, 1.82) is 0 Å². The van der Waals surface area contributed by atoms with E-state index in [4.69, 9.17) is 0 Å². The Kier molecular flexibility index (Phi) is 5.07. The molecular weight excluding hydrogens is 326 g/mol. The SMILES string of the molecule is C[C@@H](NS(=O)(=O)c1ccc(F)cc1)C(=O)Nc1ccccc1F. The maximum absolute atomic E-state index is 13.5. The van der Waals surface area contributed by atoms with Gasteiger partial charge in [-0.3, -0.25) is 4.79 Å². The van der Waals surface area contributed by atoms with Crippen molar-refractivity contribution in [3.63, 3.8) is 0 Å². The topological polar surface area (TPSA) is 75.3 Å². The van der Waals surface area contributed by atoms with Crippen LogP contribution in [0.15, 0.2) is 53.4 Å². The number of halogens is 2. The summed E-state index contributed by atoms with van der Waals surface area (Å²) in [6.45, 7) is 1.32. The van der Waals surface area contributed by atoms with Crippen LogP contribution in [0, 0.1) is 11.6 Å². The summed E-state index contributed by atoms with van der Waals surface area (Å²) in [5, 5.41) is 2.29. The molecule has 2 aromatic carbocycles. The van der Waals surface area contributed by atoms with Crippen molar-refractivity contribution in [2.75, 3.05) is 5.32 Å². The number of carbonyl (C=O) groups is 1. The standard InChI is InChI=1S/C15H14F2N2O3S/c1-10(15(20)18-14-5-3-2-4-13(14)17)19-23(21,22)12-8-6-11(16)7-9-12/h2-10,19H,1H3,(H,18,20)/t10-/m1/s1. The fourth-order valence-electron chi connectivity index (χ4n) is 1.77. The summed E-state index contributed by atoms with van der Waals surface area (Å²) in [6, 6.07) is 8.54. The molecule has 8 heteroatoms. The molecule has 0 heterocycles. The number of amides is 1. The van der Waals surface area contributed by atoms with E-state index in [0.717, 1.165) is 24.3 Å². The van der Waals surface area contributed by atoms with Crippen molar-refractivity contribution < 1.29 is 22.0 Å². The molecule has 122 valence electrons.